The fourth-order valence-electron chi connectivity index (χ4n) is 1.30. The van der Waals surface area contributed by atoms with Crippen molar-refractivity contribution in [3.05, 3.63) is 47.7 Å². The molecule has 0 heterocycles. The summed E-state index contributed by atoms with van der Waals surface area (Å²) in [6.07, 6.45) is 5.77. The Morgan fingerprint density at radius 3 is 2.50 bits per heavy atom. The highest BCUT2D eigenvalue weighted by atomic mass is 16.5. The van der Waals surface area contributed by atoms with Gasteiger partial charge in [0.1, 0.15) is 5.75 Å². The Labute approximate surface area is 109 Å². The minimum absolute atomic E-state index is 0.575. The van der Waals surface area contributed by atoms with Crippen LogP contribution < -0.4 is 16.2 Å². The molecule has 0 aliphatic rings. The van der Waals surface area contributed by atoms with Gasteiger partial charge in [0, 0.05) is 17.8 Å². The molecule has 0 aliphatic heterocycles. The predicted molar refractivity (Wildman–Crippen MR) is 77.3 cm³/mol. The van der Waals surface area contributed by atoms with Gasteiger partial charge in [0.25, 0.3) is 0 Å². The van der Waals surface area contributed by atoms with Gasteiger partial charge in [-0.05, 0) is 43.7 Å². The molecule has 4 N–H and O–H groups in total. The van der Waals surface area contributed by atoms with Gasteiger partial charge in [0.05, 0.1) is 6.61 Å². The van der Waals surface area contributed by atoms with Crippen LogP contribution in [0.4, 0.5) is 5.69 Å². The van der Waals surface area contributed by atoms with E-state index in [0.29, 0.717) is 6.61 Å². The lowest BCUT2D eigenvalue weighted by Gasteiger charge is -2.06. The van der Waals surface area contributed by atoms with Crippen LogP contribution in [0.5, 0.6) is 5.75 Å². The third kappa shape index (κ3) is 5.43. The van der Waals surface area contributed by atoms with E-state index in [2.05, 4.69) is 19.9 Å². The lowest BCUT2D eigenvalue weighted by molar-refractivity contribution is 0.321. The molecule has 18 heavy (non-hydrogen) atoms. The van der Waals surface area contributed by atoms with Gasteiger partial charge in [-0.15, -0.1) is 0 Å². The van der Waals surface area contributed by atoms with Crippen LogP contribution in [-0.2, 0) is 0 Å². The third-order valence-corrected chi connectivity index (χ3v) is 2.68. The molecule has 0 radical (unpaired) electrons. The van der Waals surface area contributed by atoms with Gasteiger partial charge in [-0.1, -0.05) is 18.6 Å². The molecule has 1 aromatic carbocycles. The largest absolute Gasteiger partial charge is 0.493 e. The molecule has 3 nitrogen and oxygen atoms in total. The average Bonchev–Trinajstić information content (AvgIpc) is 2.38. The zero-order valence-corrected chi connectivity index (χ0v) is 11.1. The van der Waals surface area contributed by atoms with Crippen molar-refractivity contribution in [2.75, 3.05) is 12.3 Å². The van der Waals surface area contributed by atoms with Crippen molar-refractivity contribution in [3.63, 3.8) is 0 Å². The molecule has 0 amide bonds. The van der Waals surface area contributed by atoms with Crippen molar-refractivity contribution < 1.29 is 4.74 Å². The predicted octanol–water partition coefficient (Wildman–Crippen LogP) is 3.24. The van der Waals surface area contributed by atoms with E-state index in [-0.39, 0.29) is 0 Å². The number of nitrogens with two attached hydrogens (primary N) is 2. The summed E-state index contributed by atoms with van der Waals surface area (Å²) in [5.74, 6) is 0.817. The highest BCUT2D eigenvalue weighted by Gasteiger charge is 1.94. The Morgan fingerprint density at radius 2 is 1.89 bits per heavy atom. The molecular weight excluding hydrogens is 224 g/mol. The van der Waals surface area contributed by atoms with Crippen molar-refractivity contribution in [3.8, 4) is 5.75 Å². The molecule has 0 unspecified atom stereocenters. The minimum atomic E-state index is 0.575. The van der Waals surface area contributed by atoms with Crippen LogP contribution >= 0.6 is 0 Å². The van der Waals surface area contributed by atoms with E-state index < -0.39 is 0 Å². The van der Waals surface area contributed by atoms with E-state index in [4.69, 9.17) is 16.2 Å². The Hall–Kier alpha value is -1.90. The molecule has 3 heteroatoms. The number of benzene rings is 1. The van der Waals surface area contributed by atoms with Crippen molar-refractivity contribution in [2.45, 2.75) is 26.7 Å². The van der Waals surface area contributed by atoms with Gasteiger partial charge in [-0.25, -0.2) is 0 Å². The van der Waals surface area contributed by atoms with Crippen LogP contribution in [0.3, 0.4) is 0 Å². The van der Waals surface area contributed by atoms with Crippen molar-refractivity contribution in [1.29, 1.82) is 0 Å². The van der Waals surface area contributed by atoms with Gasteiger partial charge >= 0.3 is 0 Å². The number of ether oxygens (including phenoxy) is 1. The Bertz CT molecular complexity index is 419. The summed E-state index contributed by atoms with van der Waals surface area (Å²) in [5, 5.41) is 0. The van der Waals surface area contributed by atoms with Crippen molar-refractivity contribution in [1.82, 2.24) is 0 Å². The van der Waals surface area contributed by atoms with E-state index >= 15 is 0 Å². The topological polar surface area (TPSA) is 61.3 Å². The smallest absolute Gasteiger partial charge is 0.119 e. The first kappa shape index (κ1) is 14.2. The standard InChI is InChI=1S/C15H22N2O/c1-3-12(2)4-5-14(17)10-11-18-15-8-6-13(16)7-9-15/h4-9H,3,10-11,16-17H2,1-2H3/b12-4+,14-5-. The molecule has 1 aromatic rings. The number of hydrogen-bond acceptors (Lipinski definition) is 3. The van der Waals surface area contributed by atoms with Crippen LogP contribution in [0.15, 0.2) is 47.7 Å². The first-order chi connectivity index (χ1) is 8.61. The maximum Gasteiger partial charge on any atom is 0.119 e. The molecule has 0 saturated heterocycles. The summed E-state index contributed by atoms with van der Waals surface area (Å²) in [7, 11) is 0. The molecule has 0 saturated carbocycles. The fraction of sp³-hybridized carbons (Fsp3) is 0.333. The lowest BCUT2D eigenvalue weighted by Crippen LogP contribution is -2.04. The molecule has 1 rings (SSSR count). The van der Waals surface area contributed by atoms with Crippen molar-refractivity contribution >= 4 is 5.69 Å². The summed E-state index contributed by atoms with van der Waals surface area (Å²) in [5.41, 5.74) is 14.4. The first-order valence-corrected chi connectivity index (χ1v) is 6.22. The SMILES string of the molecule is CC/C(C)=C/C=C(\N)CCOc1ccc(N)cc1. The van der Waals surface area contributed by atoms with Crippen LogP contribution in [0.2, 0.25) is 0 Å². The third-order valence-electron chi connectivity index (χ3n) is 2.68. The molecule has 98 valence electrons. The molecular formula is C15H22N2O. The van der Waals surface area contributed by atoms with E-state index in [0.717, 1.165) is 30.0 Å². The minimum Gasteiger partial charge on any atom is -0.493 e. The zero-order chi connectivity index (χ0) is 13.4. The molecule has 0 atom stereocenters. The first-order valence-electron chi connectivity index (χ1n) is 6.22. The van der Waals surface area contributed by atoms with Gasteiger partial charge in [-0.3, -0.25) is 0 Å². The van der Waals surface area contributed by atoms with Gasteiger partial charge in [0.2, 0.25) is 0 Å². The second-order valence-corrected chi connectivity index (χ2v) is 4.28. The Balaban J connectivity index is 2.35. The van der Waals surface area contributed by atoms with Crippen LogP contribution in [0.1, 0.15) is 26.7 Å². The quantitative estimate of drug-likeness (QED) is 0.598. The Morgan fingerprint density at radius 1 is 1.22 bits per heavy atom. The molecule has 0 spiro atoms. The number of nitrogen functional groups attached to an aromatic ring is 1. The highest BCUT2D eigenvalue weighted by molar-refractivity contribution is 5.41. The van der Waals surface area contributed by atoms with E-state index in [9.17, 15) is 0 Å². The lowest BCUT2D eigenvalue weighted by atomic mass is 10.2. The number of allylic oxidation sites excluding steroid dienone is 3. The second-order valence-electron chi connectivity index (χ2n) is 4.28. The molecule has 0 aromatic heterocycles. The highest BCUT2D eigenvalue weighted by Crippen LogP contribution is 2.13. The summed E-state index contributed by atoms with van der Waals surface area (Å²) in [6.45, 7) is 4.79. The van der Waals surface area contributed by atoms with Crippen LogP contribution in [0, 0.1) is 0 Å². The number of hydrogen-bond donors (Lipinski definition) is 2. The number of rotatable bonds is 6. The summed E-state index contributed by atoms with van der Waals surface area (Å²) in [4.78, 5) is 0. The Kier molecular flexibility index (Phi) is 5.85. The van der Waals surface area contributed by atoms with Crippen LogP contribution in [0.25, 0.3) is 0 Å². The molecule has 0 aliphatic carbocycles. The van der Waals surface area contributed by atoms with Gasteiger partial charge in [0.15, 0.2) is 0 Å². The second kappa shape index (κ2) is 7.43. The fourth-order valence-corrected chi connectivity index (χ4v) is 1.30. The van der Waals surface area contributed by atoms with E-state index in [1.165, 1.54) is 5.57 Å². The van der Waals surface area contributed by atoms with Gasteiger partial charge in [-0.2, -0.15) is 0 Å². The summed E-state index contributed by atoms with van der Waals surface area (Å²) < 4.78 is 5.57. The van der Waals surface area contributed by atoms with E-state index in [1.54, 1.807) is 0 Å². The van der Waals surface area contributed by atoms with Crippen molar-refractivity contribution in [2.24, 2.45) is 5.73 Å². The summed E-state index contributed by atoms with van der Waals surface area (Å²) in [6, 6.07) is 7.36. The monoisotopic (exact) mass is 246 g/mol. The zero-order valence-electron chi connectivity index (χ0n) is 11.1. The summed E-state index contributed by atoms with van der Waals surface area (Å²) >= 11 is 0. The van der Waals surface area contributed by atoms with E-state index in [1.807, 2.05) is 30.3 Å². The maximum absolute atomic E-state index is 5.88. The number of anilines is 1. The molecule has 0 bridgehead atoms. The normalized spacial score (nSPS) is 12.6. The van der Waals surface area contributed by atoms with Gasteiger partial charge < -0.3 is 16.2 Å². The van der Waals surface area contributed by atoms with Crippen LogP contribution in [-0.4, -0.2) is 6.61 Å². The molecule has 0 fully saturated rings. The average molecular weight is 246 g/mol. The maximum atomic E-state index is 5.88.